The van der Waals surface area contributed by atoms with Crippen molar-refractivity contribution in [1.82, 2.24) is 19.9 Å². The van der Waals surface area contributed by atoms with Crippen molar-refractivity contribution >= 4 is 16.9 Å². The number of hydrogen-bond donors (Lipinski definition) is 2. The van der Waals surface area contributed by atoms with Crippen LogP contribution in [0.15, 0.2) is 71.7 Å². The van der Waals surface area contributed by atoms with Gasteiger partial charge in [-0.15, -0.1) is 0 Å². The molecule has 3 aromatic heterocycles. The number of aromatic nitrogens is 3. The molecular weight excluding hydrogens is 332 g/mol. The third kappa shape index (κ3) is 2.96. The molecule has 0 aliphatic rings. The highest BCUT2D eigenvalue weighted by Crippen LogP contribution is 2.17. The fourth-order valence-electron chi connectivity index (χ4n) is 2.74. The molecule has 0 aliphatic carbocycles. The zero-order valence-electron chi connectivity index (χ0n) is 13.7. The molecule has 26 heavy (non-hydrogen) atoms. The van der Waals surface area contributed by atoms with Gasteiger partial charge in [0.2, 0.25) is 0 Å². The highest BCUT2D eigenvalue weighted by Gasteiger charge is 2.17. The molecule has 130 valence electrons. The maximum atomic E-state index is 12.4. The number of para-hydroxylation sites is 2. The number of nitrogens with zero attached hydrogens (tertiary/aromatic N) is 3. The Morgan fingerprint density at radius 2 is 2.04 bits per heavy atom. The van der Waals surface area contributed by atoms with E-state index in [1.165, 1.54) is 12.5 Å². The lowest BCUT2D eigenvalue weighted by Crippen LogP contribution is -2.30. The second kappa shape index (κ2) is 6.81. The zero-order chi connectivity index (χ0) is 17.9. The number of imidazole rings is 1. The van der Waals surface area contributed by atoms with Crippen molar-refractivity contribution in [2.45, 2.75) is 6.04 Å². The summed E-state index contributed by atoms with van der Waals surface area (Å²) in [6.45, 7) is -0.258. The summed E-state index contributed by atoms with van der Waals surface area (Å²) >= 11 is 0. The molecule has 1 aromatic carbocycles. The maximum Gasteiger partial charge on any atom is 0.253 e. The standard InChI is InChI=1S/C19H16N4O3/c24-11-15(17-6-3-9-26-17)22-19(25)13-7-8-18(20-10-13)23-12-21-14-4-1-2-5-16(14)23/h1-10,12,15,24H,11H2,(H,22,25). The predicted molar refractivity (Wildman–Crippen MR) is 94.9 cm³/mol. The van der Waals surface area contributed by atoms with Gasteiger partial charge in [-0.1, -0.05) is 12.1 Å². The number of rotatable bonds is 5. The molecule has 0 radical (unpaired) electrons. The van der Waals surface area contributed by atoms with Crippen LogP contribution in [0.3, 0.4) is 0 Å². The molecular formula is C19H16N4O3. The number of aliphatic hydroxyl groups excluding tert-OH is 1. The summed E-state index contributed by atoms with van der Waals surface area (Å²) in [5.74, 6) is 0.824. The van der Waals surface area contributed by atoms with E-state index < -0.39 is 6.04 Å². The van der Waals surface area contributed by atoms with E-state index in [-0.39, 0.29) is 12.5 Å². The molecule has 3 heterocycles. The molecule has 1 amide bonds. The smallest absolute Gasteiger partial charge is 0.253 e. The lowest BCUT2D eigenvalue weighted by Gasteiger charge is -2.14. The second-order valence-corrected chi connectivity index (χ2v) is 5.73. The van der Waals surface area contributed by atoms with Crippen LogP contribution >= 0.6 is 0 Å². The lowest BCUT2D eigenvalue weighted by molar-refractivity contribution is 0.0907. The summed E-state index contributed by atoms with van der Waals surface area (Å²) in [6, 6.07) is 14.0. The lowest BCUT2D eigenvalue weighted by atomic mass is 10.2. The first-order valence-electron chi connectivity index (χ1n) is 8.10. The van der Waals surface area contributed by atoms with Gasteiger partial charge in [-0.2, -0.15) is 0 Å². The number of amides is 1. The number of nitrogens with one attached hydrogen (secondary N) is 1. The van der Waals surface area contributed by atoms with Crippen LogP contribution in [0.1, 0.15) is 22.2 Å². The number of carbonyl (C=O) groups excluding carboxylic acids is 1. The molecule has 0 bridgehead atoms. The number of benzene rings is 1. The fraction of sp³-hybridized carbons (Fsp3) is 0.105. The molecule has 1 unspecified atom stereocenters. The Balaban J connectivity index is 1.55. The number of pyridine rings is 1. The number of hydrogen-bond acceptors (Lipinski definition) is 5. The van der Waals surface area contributed by atoms with Crippen molar-refractivity contribution < 1.29 is 14.3 Å². The monoisotopic (exact) mass is 348 g/mol. The SMILES string of the molecule is O=C(NC(CO)c1ccco1)c1ccc(-n2cnc3ccccc32)nc1. The Morgan fingerprint density at radius 1 is 1.15 bits per heavy atom. The van der Waals surface area contributed by atoms with Gasteiger partial charge in [0.25, 0.3) is 5.91 Å². The third-order valence-electron chi connectivity index (χ3n) is 4.08. The molecule has 0 saturated heterocycles. The van der Waals surface area contributed by atoms with Gasteiger partial charge >= 0.3 is 0 Å². The predicted octanol–water partition coefficient (Wildman–Crippen LogP) is 2.48. The minimum Gasteiger partial charge on any atom is -0.467 e. The van der Waals surface area contributed by atoms with E-state index in [0.717, 1.165) is 11.0 Å². The van der Waals surface area contributed by atoms with E-state index in [2.05, 4.69) is 15.3 Å². The van der Waals surface area contributed by atoms with Crippen LogP contribution in [0.2, 0.25) is 0 Å². The van der Waals surface area contributed by atoms with Crippen LogP contribution in [-0.2, 0) is 0 Å². The molecule has 0 fully saturated rings. The van der Waals surface area contributed by atoms with Gasteiger partial charge in [0, 0.05) is 6.20 Å². The van der Waals surface area contributed by atoms with Gasteiger partial charge < -0.3 is 14.8 Å². The van der Waals surface area contributed by atoms with Crippen molar-refractivity contribution in [2.24, 2.45) is 0 Å². The van der Waals surface area contributed by atoms with Crippen molar-refractivity contribution in [1.29, 1.82) is 0 Å². The highest BCUT2D eigenvalue weighted by atomic mass is 16.3. The minimum atomic E-state index is -0.602. The summed E-state index contributed by atoms with van der Waals surface area (Å²) in [6.07, 6.45) is 4.69. The summed E-state index contributed by atoms with van der Waals surface area (Å²) < 4.78 is 7.09. The Morgan fingerprint density at radius 3 is 2.77 bits per heavy atom. The van der Waals surface area contributed by atoms with Crippen molar-refractivity contribution in [3.63, 3.8) is 0 Å². The summed E-state index contributed by atoms with van der Waals surface area (Å²) in [7, 11) is 0. The topological polar surface area (TPSA) is 93.2 Å². The maximum absolute atomic E-state index is 12.4. The van der Waals surface area contributed by atoms with E-state index in [0.29, 0.717) is 17.1 Å². The van der Waals surface area contributed by atoms with Gasteiger partial charge in [-0.3, -0.25) is 9.36 Å². The molecule has 0 spiro atoms. The number of aliphatic hydroxyl groups is 1. The van der Waals surface area contributed by atoms with E-state index in [4.69, 9.17) is 4.42 Å². The van der Waals surface area contributed by atoms with Gasteiger partial charge in [0.15, 0.2) is 0 Å². The van der Waals surface area contributed by atoms with E-state index >= 15 is 0 Å². The fourth-order valence-corrected chi connectivity index (χ4v) is 2.74. The summed E-state index contributed by atoms with van der Waals surface area (Å²) in [4.78, 5) is 21.1. The van der Waals surface area contributed by atoms with Crippen LogP contribution in [0.25, 0.3) is 16.9 Å². The van der Waals surface area contributed by atoms with Gasteiger partial charge in [0.05, 0.1) is 29.5 Å². The molecule has 1 atom stereocenters. The van der Waals surface area contributed by atoms with Crippen LogP contribution in [0.4, 0.5) is 0 Å². The quantitative estimate of drug-likeness (QED) is 0.578. The Bertz CT molecular complexity index is 1020. The third-order valence-corrected chi connectivity index (χ3v) is 4.08. The van der Waals surface area contributed by atoms with Crippen LogP contribution in [0.5, 0.6) is 0 Å². The van der Waals surface area contributed by atoms with Gasteiger partial charge in [0.1, 0.15) is 23.9 Å². The molecule has 7 nitrogen and oxygen atoms in total. The summed E-state index contributed by atoms with van der Waals surface area (Å²) in [5, 5.41) is 12.2. The normalized spacial score (nSPS) is 12.2. The van der Waals surface area contributed by atoms with Crippen LogP contribution < -0.4 is 5.32 Å². The van der Waals surface area contributed by atoms with Crippen molar-refractivity contribution in [3.05, 3.63) is 78.6 Å². The van der Waals surface area contributed by atoms with Crippen molar-refractivity contribution in [2.75, 3.05) is 6.61 Å². The number of furan rings is 1. The largest absolute Gasteiger partial charge is 0.467 e. The average molecular weight is 348 g/mol. The minimum absolute atomic E-state index is 0.258. The molecule has 7 heteroatoms. The Labute approximate surface area is 148 Å². The van der Waals surface area contributed by atoms with E-state index in [9.17, 15) is 9.90 Å². The zero-order valence-corrected chi connectivity index (χ0v) is 13.7. The number of carbonyl (C=O) groups is 1. The first-order valence-corrected chi connectivity index (χ1v) is 8.10. The van der Waals surface area contributed by atoms with E-state index in [1.54, 1.807) is 30.6 Å². The number of fused-ring (bicyclic) bond motifs is 1. The highest BCUT2D eigenvalue weighted by molar-refractivity contribution is 5.94. The molecule has 2 N–H and O–H groups in total. The average Bonchev–Trinajstić information content (AvgIpc) is 3.36. The Kier molecular flexibility index (Phi) is 4.20. The summed E-state index contributed by atoms with van der Waals surface area (Å²) in [5.41, 5.74) is 2.21. The second-order valence-electron chi connectivity index (χ2n) is 5.73. The molecule has 4 rings (SSSR count). The van der Waals surface area contributed by atoms with Crippen LogP contribution in [-0.4, -0.2) is 32.2 Å². The Hall–Kier alpha value is -3.45. The molecule has 0 aliphatic heterocycles. The molecule has 0 saturated carbocycles. The molecule has 4 aromatic rings. The van der Waals surface area contributed by atoms with Gasteiger partial charge in [-0.05, 0) is 36.4 Å². The first-order chi connectivity index (χ1) is 12.8. The van der Waals surface area contributed by atoms with Gasteiger partial charge in [-0.25, -0.2) is 9.97 Å². The van der Waals surface area contributed by atoms with Crippen molar-refractivity contribution in [3.8, 4) is 5.82 Å². The first kappa shape index (κ1) is 16.0. The van der Waals surface area contributed by atoms with E-state index in [1.807, 2.05) is 28.8 Å². The van der Waals surface area contributed by atoms with Crippen LogP contribution in [0, 0.1) is 0 Å².